The van der Waals surface area contributed by atoms with Crippen LogP contribution in [0, 0.1) is 6.92 Å². The van der Waals surface area contributed by atoms with E-state index in [1.807, 2.05) is 19.9 Å². The van der Waals surface area contributed by atoms with E-state index in [2.05, 4.69) is 11.9 Å². The molecule has 0 bridgehead atoms. The average Bonchev–Trinajstić information content (AvgIpc) is 2.49. The molecular weight excluding hydrogens is 176 g/mol. The summed E-state index contributed by atoms with van der Waals surface area (Å²) >= 11 is 0. The van der Waals surface area contributed by atoms with Crippen molar-refractivity contribution in [3.05, 3.63) is 23.7 Å². The molecule has 1 aromatic rings. The second-order valence-corrected chi connectivity index (χ2v) is 4.01. The number of rotatable bonds is 5. The van der Waals surface area contributed by atoms with Crippen molar-refractivity contribution in [3.8, 4) is 0 Å². The molecule has 0 saturated heterocycles. The van der Waals surface area contributed by atoms with Gasteiger partial charge in [-0.2, -0.15) is 0 Å². The minimum absolute atomic E-state index is 0.280. The van der Waals surface area contributed by atoms with Gasteiger partial charge in [-0.15, -0.1) is 0 Å². The summed E-state index contributed by atoms with van der Waals surface area (Å²) < 4.78 is 5.24. The Bertz CT molecular complexity index is 268. The molecule has 0 aliphatic heterocycles. The highest BCUT2D eigenvalue weighted by molar-refractivity contribution is 5.14. The van der Waals surface area contributed by atoms with Gasteiger partial charge in [-0.3, -0.25) is 0 Å². The second kappa shape index (κ2) is 5.17. The average molecular weight is 196 g/mol. The molecule has 2 N–H and O–H groups in total. The van der Waals surface area contributed by atoms with Gasteiger partial charge in [0.15, 0.2) is 0 Å². The number of nitrogens with two attached hydrogens (primary N) is 1. The molecule has 80 valence electrons. The van der Waals surface area contributed by atoms with Crippen molar-refractivity contribution in [1.82, 2.24) is 4.90 Å². The van der Waals surface area contributed by atoms with Gasteiger partial charge in [-0.25, -0.2) is 0 Å². The number of aryl methyl sites for hydroxylation is 1. The van der Waals surface area contributed by atoms with Crippen LogP contribution < -0.4 is 5.73 Å². The van der Waals surface area contributed by atoms with Crippen molar-refractivity contribution in [2.24, 2.45) is 5.73 Å². The molecule has 0 saturated carbocycles. The third kappa shape index (κ3) is 3.52. The topological polar surface area (TPSA) is 42.4 Å². The van der Waals surface area contributed by atoms with E-state index in [1.165, 1.54) is 5.56 Å². The summed E-state index contributed by atoms with van der Waals surface area (Å²) in [5.74, 6) is 1.01. The predicted octanol–water partition coefficient (Wildman–Crippen LogP) is 1.76. The zero-order valence-electron chi connectivity index (χ0n) is 9.29. The van der Waals surface area contributed by atoms with E-state index in [-0.39, 0.29) is 6.04 Å². The van der Waals surface area contributed by atoms with E-state index in [0.29, 0.717) is 0 Å². The number of hydrogen-bond acceptors (Lipinski definition) is 3. The van der Waals surface area contributed by atoms with Crippen molar-refractivity contribution in [2.75, 3.05) is 13.6 Å². The molecule has 0 aromatic carbocycles. The first-order chi connectivity index (χ1) is 6.59. The highest BCUT2D eigenvalue weighted by Gasteiger charge is 2.05. The standard InChI is InChI=1S/C11H20N2O/c1-9(12)4-6-13(3)8-11-5-7-14-10(11)2/h5,7,9H,4,6,8,12H2,1-3H3. The quantitative estimate of drug-likeness (QED) is 0.780. The number of furan rings is 1. The Kier molecular flexibility index (Phi) is 4.17. The van der Waals surface area contributed by atoms with Gasteiger partial charge in [-0.1, -0.05) is 0 Å². The lowest BCUT2D eigenvalue weighted by molar-refractivity contribution is 0.311. The molecule has 0 fully saturated rings. The zero-order chi connectivity index (χ0) is 10.6. The highest BCUT2D eigenvalue weighted by Crippen LogP contribution is 2.11. The first kappa shape index (κ1) is 11.3. The predicted molar refractivity (Wildman–Crippen MR) is 58.0 cm³/mol. The molecule has 1 atom stereocenters. The molecule has 0 aliphatic carbocycles. The van der Waals surface area contributed by atoms with Crippen molar-refractivity contribution >= 4 is 0 Å². The van der Waals surface area contributed by atoms with Crippen LogP contribution in [-0.4, -0.2) is 24.5 Å². The van der Waals surface area contributed by atoms with E-state index in [0.717, 1.165) is 25.3 Å². The molecule has 14 heavy (non-hydrogen) atoms. The van der Waals surface area contributed by atoms with Crippen molar-refractivity contribution in [1.29, 1.82) is 0 Å². The molecule has 1 heterocycles. The van der Waals surface area contributed by atoms with Crippen molar-refractivity contribution < 1.29 is 4.42 Å². The number of hydrogen-bond donors (Lipinski definition) is 1. The molecular formula is C11H20N2O. The van der Waals surface area contributed by atoms with Crippen molar-refractivity contribution in [2.45, 2.75) is 32.9 Å². The lowest BCUT2D eigenvalue weighted by Gasteiger charge is -2.17. The summed E-state index contributed by atoms with van der Waals surface area (Å²) in [6, 6.07) is 2.31. The Hall–Kier alpha value is -0.800. The molecule has 0 spiro atoms. The van der Waals surface area contributed by atoms with Gasteiger partial charge in [0.1, 0.15) is 5.76 Å². The van der Waals surface area contributed by atoms with Gasteiger partial charge < -0.3 is 15.1 Å². The summed E-state index contributed by atoms with van der Waals surface area (Å²) in [5.41, 5.74) is 6.96. The summed E-state index contributed by atoms with van der Waals surface area (Å²) in [6.45, 7) is 6.00. The lowest BCUT2D eigenvalue weighted by atomic mass is 10.2. The van der Waals surface area contributed by atoms with Crippen LogP contribution in [0.3, 0.4) is 0 Å². The third-order valence-electron chi connectivity index (χ3n) is 2.37. The maximum atomic E-state index is 5.70. The van der Waals surface area contributed by atoms with Crippen LogP contribution in [0.5, 0.6) is 0 Å². The Morgan fingerprint density at radius 1 is 1.57 bits per heavy atom. The Morgan fingerprint density at radius 3 is 2.79 bits per heavy atom. The molecule has 0 radical (unpaired) electrons. The van der Waals surface area contributed by atoms with E-state index in [4.69, 9.17) is 10.2 Å². The van der Waals surface area contributed by atoms with Crippen LogP contribution in [0.2, 0.25) is 0 Å². The SMILES string of the molecule is Cc1occc1CN(C)CCC(C)N. The Morgan fingerprint density at radius 2 is 2.29 bits per heavy atom. The summed E-state index contributed by atoms with van der Waals surface area (Å²) in [5, 5.41) is 0. The lowest BCUT2D eigenvalue weighted by Crippen LogP contribution is -2.25. The van der Waals surface area contributed by atoms with E-state index >= 15 is 0 Å². The molecule has 3 heteroatoms. The van der Waals surface area contributed by atoms with Crippen LogP contribution in [-0.2, 0) is 6.54 Å². The second-order valence-electron chi connectivity index (χ2n) is 4.01. The van der Waals surface area contributed by atoms with Gasteiger partial charge in [0, 0.05) is 18.2 Å². The summed E-state index contributed by atoms with van der Waals surface area (Å²) in [6.07, 6.45) is 2.78. The Balaban J connectivity index is 2.34. The highest BCUT2D eigenvalue weighted by atomic mass is 16.3. The van der Waals surface area contributed by atoms with Crippen LogP contribution in [0.25, 0.3) is 0 Å². The van der Waals surface area contributed by atoms with Crippen molar-refractivity contribution in [3.63, 3.8) is 0 Å². The van der Waals surface area contributed by atoms with E-state index in [1.54, 1.807) is 6.26 Å². The maximum absolute atomic E-state index is 5.70. The van der Waals surface area contributed by atoms with Crippen LogP contribution in [0.4, 0.5) is 0 Å². The minimum Gasteiger partial charge on any atom is -0.469 e. The first-order valence-electron chi connectivity index (χ1n) is 5.06. The van der Waals surface area contributed by atoms with Crippen LogP contribution in [0.15, 0.2) is 16.7 Å². The summed E-state index contributed by atoms with van der Waals surface area (Å²) in [7, 11) is 2.11. The minimum atomic E-state index is 0.280. The fraction of sp³-hybridized carbons (Fsp3) is 0.636. The van der Waals surface area contributed by atoms with Gasteiger partial charge in [-0.05, 0) is 39.9 Å². The third-order valence-corrected chi connectivity index (χ3v) is 2.37. The fourth-order valence-corrected chi connectivity index (χ4v) is 1.37. The normalized spacial score (nSPS) is 13.5. The van der Waals surface area contributed by atoms with Gasteiger partial charge in [0.25, 0.3) is 0 Å². The van der Waals surface area contributed by atoms with E-state index < -0.39 is 0 Å². The largest absolute Gasteiger partial charge is 0.469 e. The first-order valence-corrected chi connectivity index (χ1v) is 5.06. The molecule has 1 rings (SSSR count). The van der Waals surface area contributed by atoms with Crippen LogP contribution >= 0.6 is 0 Å². The summed E-state index contributed by atoms with van der Waals surface area (Å²) in [4.78, 5) is 2.27. The molecule has 3 nitrogen and oxygen atoms in total. The van der Waals surface area contributed by atoms with Gasteiger partial charge >= 0.3 is 0 Å². The Labute approximate surface area is 85.9 Å². The monoisotopic (exact) mass is 196 g/mol. The van der Waals surface area contributed by atoms with Gasteiger partial charge in [0.05, 0.1) is 6.26 Å². The number of nitrogens with zero attached hydrogens (tertiary/aromatic N) is 1. The molecule has 1 unspecified atom stereocenters. The van der Waals surface area contributed by atoms with E-state index in [9.17, 15) is 0 Å². The molecule has 0 amide bonds. The van der Waals surface area contributed by atoms with Gasteiger partial charge in [0.2, 0.25) is 0 Å². The molecule has 0 aliphatic rings. The maximum Gasteiger partial charge on any atom is 0.105 e. The zero-order valence-corrected chi connectivity index (χ0v) is 9.29. The fourth-order valence-electron chi connectivity index (χ4n) is 1.37. The molecule has 1 aromatic heterocycles. The smallest absolute Gasteiger partial charge is 0.105 e. The van der Waals surface area contributed by atoms with Crippen LogP contribution in [0.1, 0.15) is 24.7 Å².